The number of allylic oxidation sites excluding steroid dienone is 1. The second kappa shape index (κ2) is 9.88. The summed E-state index contributed by atoms with van der Waals surface area (Å²) in [6.07, 6.45) is 2.82. The van der Waals surface area contributed by atoms with Crippen LogP contribution in [0.3, 0.4) is 0 Å². The quantitative estimate of drug-likeness (QED) is 0.775. The Morgan fingerprint density at radius 2 is 2.07 bits per heavy atom. The van der Waals surface area contributed by atoms with Gasteiger partial charge in [0.2, 0.25) is 0 Å². The van der Waals surface area contributed by atoms with Crippen LogP contribution >= 0.6 is 0 Å². The van der Waals surface area contributed by atoms with Gasteiger partial charge in [-0.15, -0.1) is 0 Å². The number of rotatable bonds is 6. The van der Waals surface area contributed by atoms with Gasteiger partial charge >= 0.3 is 0 Å². The first-order chi connectivity index (χ1) is 13.1. The van der Waals surface area contributed by atoms with Gasteiger partial charge in [-0.1, -0.05) is 17.7 Å². The van der Waals surface area contributed by atoms with Crippen LogP contribution in [-0.4, -0.2) is 64.2 Å². The van der Waals surface area contributed by atoms with Gasteiger partial charge in [0.15, 0.2) is 0 Å². The Morgan fingerprint density at radius 1 is 1.26 bits per heavy atom. The van der Waals surface area contributed by atoms with Gasteiger partial charge in [-0.2, -0.15) is 0 Å². The Morgan fingerprint density at radius 3 is 2.85 bits per heavy atom. The van der Waals surface area contributed by atoms with Gasteiger partial charge in [0.25, 0.3) is 5.91 Å². The highest BCUT2D eigenvalue weighted by molar-refractivity contribution is 5.95. The first-order valence-electron chi connectivity index (χ1n) is 9.70. The van der Waals surface area contributed by atoms with E-state index < -0.39 is 0 Å². The largest absolute Gasteiger partial charge is 0.379 e. The zero-order chi connectivity index (χ0) is 19.1. The molecule has 0 saturated carbocycles. The lowest BCUT2D eigenvalue weighted by Crippen LogP contribution is -2.50. The fourth-order valence-corrected chi connectivity index (χ4v) is 3.31. The summed E-state index contributed by atoms with van der Waals surface area (Å²) in [5, 5.41) is 3.10. The van der Waals surface area contributed by atoms with Crippen LogP contribution in [0.4, 0.5) is 5.69 Å². The topological polar surface area (TPSA) is 60.0 Å². The van der Waals surface area contributed by atoms with Crippen LogP contribution in [0.5, 0.6) is 0 Å². The summed E-state index contributed by atoms with van der Waals surface area (Å²) in [5.74, 6) is -0.0866. The lowest BCUT2D eigenvalue weighted by atomic mass is 10.1. The van der Waals surface area contributed by atoms with Crippen molar-refractivity contribution >= 4 is 11.6 Å². The lowest BCUT2D eigenvalue weighted by molar-refractivity contribution is -0.0457. The van der Waals surface area contributed by atoms with Crippen molar-refractivity contribution in [2.24, 2.45) is 0 Å². The molecule has 1 amide bonds. The van der Waals surface area contributed by atoms with Crippen LogP contribution in [0.1, 0.15) is 30.6 Å². The summed E-state index contributed by atoms with van der Waals surface area (Å²) in [5.41, 5.74) is 2.94. The van der Waals surface area contributed by atoms with Crippen molar-refractivity contribution in [2.75, 3.05) is 51.0 Å². The van der Waals surface area contributed by atoms with Gasteiger partial charge in [-0.3, -0.25) is 4.79 Å². The third-order valence-corrected chi connectivity index (χ3v) is 4.90. The Labute approximate surface area is 161 Å². The molecule has 148 valence electrons. The third kappa shape index (κ3) is 5.79. The molecule has 27 heavy (non-hydrogen) atoms. The molecule has 0 unspecified atom stereocenters. The van der Waals surface area contributed by atoms with Gasteiger partial charge < -0.3 is 24.4 Å². The molecule has 0 aliphatic carbocycles. The van der Waals surface area contributed by atoms with E-state index >= 15 is 0 Å². The standard InChI is InChI=1S/C21H30N2O4/c1-16(2)6-11-27-20-7-10-26-15-19(20)22-21(24)17-4-3-5-18(14-17)23-8-12-25-13-9-23/h3-6,14,19-20H,7-13,15H2,1-2H3,(H,22,24)/t19-,20+/m0/s1. The molecule has 0 aromatic heterocycles. The predicted molar refractivity (Wildman–Crippen MR) is 105 cm³/mol. The van der Waals surface area contributed by atoms with Crippen LogP contribution in [0.25, 0.3) is 0 Å². The van der Waals surface area contributed by atoms with Crippen LogP contribution in [0.15, 0.2) is 35.9 Å². The number of hydrogen-bond acceptors (Lipinski definition) is 5. The zero-order valence-corrected chi connectivity index (χ0v) is 16.3. The molecule has 0 radical (unpaired) electrons. The molecule has 2 saturated heterocycles. The molecule has 2 aliphatic rings. The fourth-order valence-electron chi connectivity index (χ4n) is 3.31. The molecule has 2 heterocycles. The van der Waals surface area contributed by atoms with Crippen molar-refractivity contribution < 1.29 is 19.0 Å². The molecule has 6 heteroatoms. The second-order valence-corrected chi connectivity index (χ2v) is 7.25. The number of ether oxygens (including phenoxy) is 3. The zero-order valence-electron chi connectivity index (χ0n) is 16.3. The van der Waals surface area contributed by atoms with E-state index in [1.165, 1.54) is 5.57 Å². The van der Waals surface area contributed by atoms with Gasteiger partial charge in [-0.25, -0.2) is 0 Å². The Kier molecular flexibility index (Phi) is 7.26. The molecule has 2 aliphatic heterocycles. The van der Waals surface area contributed by atoms with E-state index in [-0.39, 0.29) is 18.1 Å². The number of anilines is 1. The van der Waals surface area contributed by atoms with Crippen molar-refractivity contribution in [2.45, 2.75) is 32.4 Å². The van der Waals surface area contributed by atoms with E-state index in [9.17, 15) is 4.79 Å². The summed E-state index contributed by atoms with van der Waals surface area (Å²) in [4.78, 5) is 15.0. The average Bonchev–Trinajstić information content (AvgIpc) is 2.70. The number of carbonyl (C=O) groups excluding carboxylic acids is 1. The summed E-state index contributed by atoms with van der Waals surface area (Å²) >= 11 is 0. The van der Waals surface area contributed by atoms with E-state index in [0.717, 1.165) is 38.4 Å². The molecule has 0 spiro atoms. The summed E-state index contributed by atoms with van der Waals surface area (Å²) < 4.78 is 16.9. The summed E-state index contributed by atoms with van der Waals surface area (Å²) in [6.45, 7) is 8.95. The highest BCUT2D eigenvalue weighted by atomic mass is 16.5. The number of nitrogens with one attached hydrogen (secondary N) is 1. The van der Waals surface area contributed by atoms with Crippen molar-refractivity contribution in [3.05, 3.63) is 41.5 Å². The van der Waals surface area contributed by atoms with E-state index in [1.807, 2.05) is 38.1 Å². The maximum atomic E-state index is 12.8. The van der Waals surface area contributed by atoms with Crippen molar-refractivity contribution in [1.29, 1.82) is 0 Å². The van der Waals surface area contributed by atoms with E-state index in [1.54, 1.807) is 0 Å². The van der Waals surface area contributed by atoms with Gasteiger partial charge in [0, 0.05) is 30.9 Å². The summed E-state index contributed by atoms with van der Waals surface area (Å²) in [7, 11) is 0. The van der Waals surface area contributed by atoms with E-state index in [0.29, 0.717) is 25.4 Å². The molecule has 2 atom stereocenters. The Balaban J connectivity index is 1.61. The minimum Gasteiger partial charge on any atom is -0.379 e. The van der Waals surface area contributed by atoms with Crippen molar-refractivity contribution in [1.82, 2.24) is 5.32 Å². The van der Waals surface area contributed by atoms with Crippen LogP contribution in [0.2, 0.25) is 0 Å². The van der Waals surface area contributed by atoms with Crippen molar-refractivity contribution in [3.8, 4) is 0 Å². The Bertz CT molecular complexity index is 651. The van der Waals surface area contributed by atoms with Crippen LogP contribution in [-0.2, 0) is 14.2 Å². The molecule has 0 bridgehead atoms. The predicted octanol–water partition coefficient (Wildman–Crippen LogP) is 2.39. The van der Waals surface area contributed by atoms with Gasteiger partial charge in [0.05, 0.1) is 38.6 Å². The molecule has 6 nitrogen and oxygen atoms in total. The first kappa shape index (κ1) is 19.9. The summed E-state index contributed by atoms with van der Waals surface area (Å²) in [6, 6.07) is 7.63. The normalized spacial score (nSPS) is 23.0. The average molecular weight is 374 g/mol. The first-order valence-corrected chi connectivity index (χ1v) is 9.70. The van der Waals surface area contributed by atoms with E-state index in [4.69, 9.17) is 14.2 Å². The highest BCUT2D eigenvalue weighted by Gasteiger charge is 2.28. The minimum atomic E-state index is -0.135. The smallest absolute Gasteiger partial charge is 0.251 e. The molecule has 1 N–H and O–H groups in total. The minimum absolute atomic E-state index is 0.0271. The number of nitrogens with zero attached hydrogens (tertiary/aromatic N) is 1. The fraction of sp³-hybridized carbons (Fsp3) is 0.571. The molecule has 2 fully saturated rings. The number of hydrogen-bond donors (Lipinski definition) is 1. The van der Waals surface area contributed by atoms with Crippen molar-refractivity contribution in [3.63, 3.8) is 0 Å². The van der Waals surface area contributed by atoms with Crippen LogP contribution < -0.4 is 10.2 Å². The lowest BCUT2D eigenvalue weighted by Gasteiger charge is -2.32. The highest BCUT2D eigenvalue weighted by Crippen LogP contribution is 2.19. The van der Waals surface area contributed by atoms with Crippen LogP contribution in [0, 0.1) is 0 Å². The monoisotopic (exact) mass is 374 g/mol. The third-order valence-electron chi connectivity index (χ3n) is 4.90. The maximum Gasteiger partial charge on any atom is 0.251 e. The van der Waals surface area contributed by atoms with Gasteiger partial charge in [-0.05, 0) is 38.5 Å². The number of carbonyl (C=O) groups is 1. The van der Waals surface area contributed by atoms with E-state index in [2.05, 4.69) is 16.3 Å². The molecular weight excluding hydrogens is 344 g/mol. The number of benzene rings is 1. The Hall–Kier alpha value is -1.89. The number of amides is 1. The molecule has 1 aromatic rings. The van der Waals surface area contributed by atoms with Gasteiger partial charge in [0.1, 0.15) is 0 Å². The molecule has 1 aromatic carbocycles. The second-order valence-electron chi connectivity index (χ2n) is 7.25. The maximum absolute atomic E-state index is 12.8. The molecular formula is C21H30N2O4. The molecule has 3 rings (SSSR count). The SMILES string of the molecule is CC(C)=CCO[C@@H]1CCOC[C@@H]1NC(=O)c1cccc(N2CCOCC2)c1. The number of morpholine rings is 1.